The van der Waals surface area contributed by atoms with E-state index in [2.05, 4.69) is 22.1 Å². The van der Waals surface area contributed by atoms with E-state index >= 15 is 0 Å². The van der Waals surface area contributed by atoms with Crippen molar-refractivity contribution >= 4 is 4.26 Å². The van der Waals surface area contributed by atoms with Crippen LogP contribution in [0.5, 0.6) is 0 Å². The Bertz CT molecular complexity index is 41.2. The molecule has 0 rings (SSSR count). The van der Waals surface area contributed by atoms with E-state index in [1.54, 1.807) is 0 Å². The van der Waals surface area contributed by atoms with Crippen LogP contribution in [0.3, 0.4) is 0 Å². The molecule has 0 aromatic heterocycles. The predicted octanol–water partition coefficient (Wildman–Crippen LogP) is 0.510. The van der Waals surface area contributed by atoms with E-state index in [9.17, 15) is 0 Å². The Balaban J connectivity index is 3.11. The second kappa shape index (κ2) is 3.27. The molecular formula is C3H4Ru+. The zero-order valence-electron chi connectivity index (χ0n) is 2.43. The topological polar surface area (TPSA) is 0 Å². The van der Waals surface area contributed by atoms with Crippen molar-refractivity contribution in [1.82, 2.24) is 0 Å². The van der Waals surface area contributed by atoms with Crippen molar-refractivity contribution in [3.63, 3.8) is 0 Å². The molecule has 0 saturated heterocycles. The van der Waals surface area contributed by atoms with Crippen LogP contribution in [-0.2, 0) is 17.9 Å². The first kappa shape index (κ1) is 4.27. The van der Waals surface area contributed by atoms with Crippen molar-refractivity contribution in [2.24, 2.45) is 0 Å². The van der Waals surface area contributed by atoms with E-state index in [-0.39, 0.29) is 0 Å². The van der Waals surface area contributed by atoms with Crippen molar-refractivity contribution in [3.8, 4) is 0 Å². The van der Waals surface area contributed by atoms with E-state index in [0.29, 0.717) is 0 Å². The molecule has 23 valence electrons. The minimum absolute atomic E-state index is 1.84. The second-order valence-corrected chi connectivity index (χ2v) is 0.892. The average molecular weight is 141 g/mol. The molecule has 0 unspecified atom stereocenters. The number of hydrogen-bond donors (Lipinski definition) is 0. The molecule has 0 bridgehead atoms. The summed E-state index contributed by atoms with van der Waals surface area (Å²) in [5.41, 5.74) is 0. The fourth-order valence-electron chi connectivity index (χ4n) is 0. The Hall–Kier alpha value is 0.273. The molecule has 0 aliphatic rings. The Morgan fingerprint density at radius 2 is 2.25 bits per heavy atom. The van der Waals surface area contributed by atoms with E-state index in [1.165, 1.54) is 0 Å². The molecule has 0 aromatic carbocycles. The van der Waals surface area contributed by atoms with Crippen LogP contribution < -0.4 is 0 Å². The molecule has 0 aliphatic heterocycles. The molecule has 0 radical (unpaired) electrons. The van der Waals surface area contributed by atoms with Crippen molar-refractivity contribution in [2.75, 3.05) is 0 Å². The predicted molar refractivity (Wildman–Crippen MR) is 15.3 cm³/mol. The van der Waals surface area contributed by atoms with Crippen LogP contribution in [0, 0.1) is 0 Å². The number of hydrogen-bond acceptors (Lipinski definition) is 0. The van der Waals surface area contributed by atoms with Gasteiger partial charge in [0.1, 0.15) is 0 Å². The van der Waals surface area contributed by atoms with Crippen LogP contribution in [0.1, 0.15) is 6.92 Å². The Morgan fingerprint density at radius 1 is 2.00 bits per heavy atom. The van der Waals surface area contributed by atoms with Crippen LogP contribution in [0.4, 0.5) is 0 Å². The van der Waals surface area contributed by atoms with Gasteiger partial charge in [-0.3, -0.25) is 0 Å². The van der Waals surface area contributed by atoms with Crippen molar-refractivity contribution in [1.29, 1.82) is 0 Å². The molecule has 0 amide bonds. The van der Waals surface area contributed by atoms with E-state index in [1.807, 2.05) is 13.0 Å². The molecule has 0 N–H and O–H groups in total. The Kier molecular flexibility index (Phi) is 3.50. The van der Waals surface area contributed by atoms with Crippen molar-refractivity contribution in [3.05, 3.63) is 6.08 Å². The summed E-state index contributed by atoms with van der Waals surface area (Å²) < 4.78 is 2.74. The summed E-state index contributed by atoms with van der Waals surface area (Å²) >= 11 is 2.27. The first-order valence-electron chi connectivity index (χ1n) is 1.04. The van der Waals surface area contributed by atoms with Gasteiger partial charge in [0.25, 0.3) is 0 Å². The zero-order valence-corrected chi connectivity index (χ0v) is 4.17. The van der Waals surface area contributed by atoms with Crippen LogP contribution in [0.2, 0.25) is 0 Å². The summed E-state index contributed by atoms with van der Waals surface area (Å²) in [6.45, 7) is 1.93. The van der Waals surface area contributed by atoms with Gasteiger partial charge < -0.3 is 0 Å². The summed E-state index contributed by atoms with van der Waals surface area (Å²) in [5.74, 6) is 0. The molecule has 4 heavy (non-hydrogen) atoms. The summed E-state index contributed by atoms with van der Waals surface area (Å²) in [7, 11) is 0. The first-order valence-corrected chi connectivity index (χ1v) is 1.91. The molecule has 0 atom stereocenters. The average Bonchev–Trinajstić information content (AvgIpc) is 1.37. The molecule has 0 spiro atoms. The SMILES string of the molecule is CC=[C]=[Ru+]. The molecule has 0 saturated carbocycles. The van der Waals surface area contributed by atoms with Crippen LogP contribution in [-0.4, -0.2) is 4.26 Å². The quantitative estimate of drug-likeness (QED) is 0.431. The molecule has 0 aliphatic carbocycles. The van der Waals surface area contributed by atoms with Crippen LogP contribution in [0.25, 0.3) is 0 Å². The third-order valence-electron chi connectivity index (χ3n) is 0.102. The summed E-state index contributed by atoms with van der Waals surface area (Å²) in [4.78, 5) is 0. The maximum absolute atomic E-state index is 2.74. The monoisotopic (exact) mass is 142 g/mol. The van der Waals surface area contributed by atoms with Gasteiger partial charge in [-0.1, -0.05) is 0 Å². The standard InChI is InChI=1S/C3H4.Ru/c1-3-2;/h3H,1H3;/q;+1. The van der Waals surface area contributed by atoms with Crippen molar-refractivity contribution in [2.45, 2.75) is 6.92 Å². The first-order chi connectivity index (χ1) is 1.91. The molecule has 0 heterocycles. The normalized spacial score (nSPS) is 4.25. The van der Waals surface area contributed by atoms with E-state index in [0.717, 1.165) is 0 Å². The van der Waals surface area contributed by atoms with E-state index in [4.69, 9.17) is 0 Å². The fraction of sp³-hybridized carbons (Fsp3) is 0.333. The van der Waals surface area contributed by atoms with Crippen LogP contribution >= 0.6 is 0 Å². The Labute approximate surface area is 35.7 Å². The second-order valence-electron chi connectivity index (χ2n) is 0.391. The van der Waals surface area contributed by atoms with Gasteiger partial charge >= 0.3 is 35.1 Å². The van der Waals surface area contributed by atoms with Gasteiger partial charge in [0.05, 0.1) is 0 Å². The van der Waals surface area contributed by atoms with Gasteiger partial charge in [0, 0.05) is 0 Å². The van der Waals surface area contributed by atoms with Gasteiger partial charge in [-0.05, 0) is 0 Å². The van der Waals surface area contributed by atoms with Crippen molar-refractivity contribution < 1.29 is 17.9 Å². The third kappa shape index (κ3) is 2.27. The van der Waals surface area contributed by atoms with Gasteiger partial charge in [-0.2, -0.15) is 0 Å². The summed E-state index contributed by atoms with van der Waals surface area (Å²) in [5, 5.41) is 0. The van der Waals surface area contributed by atoms with Crippen LogP contribution in [0.15, 0.2) is 6.08 Å². The number of rotatable bonds is 0. The Morgan fingerprint density at radius 3 is 2.25 bits per heavy atom. The molecule has 0 fully saturated rings. The fourth-order valence-corrected chi connectivity index (χ4v) is 0. The molecular weight excluding hydrogens is 137 g/mol. The summed E-state index contributed by atoms with van der Waals surface area (Å²) in [6.07, 6.45) is 1.84. The van der Waals surface area contributed by atoms with Gasteiger partial charge in [0.15, 0.2) is 0 Å². The third-order valence-corrected chi connectivity index (χ3v) is 0.604. The molecule has 0 aromatic rings. The maximum atomic E-state index is 2.74. The molecule has 0 nitrogen and oxygen atoms in total. The van der Waals surface area contributed by atoms with Gasteiger partial charge in [0.2, 0.25) is 0 Å². The molecule has 1 heteroatoms. The summed E-state index contributed by atoms with van der Waals surface area (Å²) in [6, 6.07) is 0. The zero-order chi connectivity index (χ0) is 3.41. The van der Waals surface area contributed by atoms with Gasteiger partial charge in [-0.25, -0.2) is 0 Å². The van der Waals surface area contributed by atoms with Gasteiger partial charge in [-0.15, -0.1) is 0 Å². The minimum atomic E-state index is 1.84. The van der Waals surface area contributed by atoms with E-state index < -0.39 is 0 Å². The number of allylic oxidation sites excluding steroid dienone is 1.